The summed E-state index contributed by atoms with van der Waals surface area (Å²) in [6.45, 7) is 7.40. The number of halogens is 1. The minimum atomic E-state index is -4.21. The Morgan fingerprint density at radius 2 is 1.59 bits per heavy atom. The second-order valence-electron chi connectivity index (χ2n) is 6.04. The predicted molar refractivity (Wildman–Crippen MR) is 103 cm³/mol. The van der Waals surface area contributed by atoms with Gasteiger partial charge in [-0.05, 0) is 49.2 Å². The van der Waals surface area contributed by atoms with Crippen molar-refractivity contribution in [1.82, 2.24) is 4.31 Å². The van der Waals surface area contributed by atoms with Crippen LogP contribution < -0.4 is 4.72 Å². The number of hydrogen-bond donors (Lipinski definition) is 1. The van der Waals surface area contributed by atoms with Gasteiger partial charge in [-0.2, -0.15) is 4.31 Å². The molecule has 0 fully saturated rings. The lowest BCUT2D eigenvalue weighted by atomic mass is 10.1. The van der Waals surface area contributed by atoms with Crippen LogP contribution in [0.15, 0.2) is 46.2 Å². The molecule has 0 spiro atoms. The summed E-state index contributed by atoms with van der Waals surface area (Å²) in [6.07, 6.45) is 0. The van der Waals surface area contributed by atoms with Crippen LogP contribution in [0.1, 0.15) is 25.0 Å². The molecular weight excluding hydrogens is 391 g/mol. The number of anilines is 1. The second-order valence-corrected chi connectivity index (χ2v) is 9.63. The molecule has 148 valence electrons. The largest absolute Gasteiger partial charge is 0.279 e. The van der Waals surface area contributed by atoms with Gasteiger partial charge >= 0.3 is 0 Å². The molecule has 0 aliphatic rings. The van der Waals surface area contributed by atoms with Crippen LogP contribution in [0.2, 0.25) is 0 Å². The summed E-state index contributed by atoms with van der Waals surface area (Å²) in [7, 11) is -7.98. The molecule has 0 aromatic heterocycles. The number of nitrogens with zero attached hydrogens (tertiary/aromatic N) is 1. The predicted octanol–water partition coefficient (Wildman–Crippen LogP) is 3.27. The standard InChI is InChI=1S/C18H23FN2O4S2/c1-5-21(6-2)27(24,25)15-11-13(3)14(4)17(12-15)20-26(22,23)18-10-8-7-9-16(18)19/h7-12,20H,5-6H2,1-4H3. The molecule has 27 heavy (non-hydrogen) atoms. The van der Waals surface area contributed by atoms with E-state index >= 15 is 0 Å². The van der Waals surface area contributed by atoms with E-state index < -0.39 is 30.8 Å². The molecule has 2 aromatic rings. The van der Waals surface area contributed by atoms with Crippen molar-refractivity contribution in [1.29, 1.82) is 0 Å². The third-order valence-corrected chi connectivity index (χ3v) is 7.78. The van der Waals surface area contributed by atoms with E-state index in [2.05, 4.69) is 4.72 Å². The van der Waals surface area contributed by atoms with Gasteiger partial charge in [0.1, 0.15) is 10.7 Å². The molecule has 0 bridgehead atoms. The van der Waals surface area contributed by atoms with Gasteiger partial charge < -0.3 is 0 Å². The highest BCUT2D eigenvalue weighted by Crippen LogP contribution is 2.28. The Hall–Kier alpha value is -1.97. The number of nitrogens with one attached hydrogen (secondary N) is 1. The molecule has 0 aliphatic heterocycles. The molecule has 0 amide bonds. The van der Waals surface area contributed by atoms with Gasteiger partial charge in [-0.1, -0.05) is 26.0 Å². The highest BCUT2D eigenvalue weighted by Gasteiger charge is 2.25. The van der Waals surface area contributed by atoms with Crippen LogP contribution in [0.25, 0.3) is 0 Å². The molecule has 0 radical (unpaired) electrons. The maximum Gasteiger partial charge on any atom is 0.264 e. The monoisotopic (exact) mass is 414 g/mol. The highest BCUT2D eigenvalue weighted by atomic mass is 32.2. The number of rotatable bonds is 7. The average molecular weight is 415 g/mol. The van der Waals surface area contributed by atoms with Gasteiger partial charge in [0.25, 0.3) is 10.0 Å². The fraction of sp³-hybridized carbons (Fsp3) is 0.333. The molecule has 0 saturated heterocycles. The van der Waals surface area contributed by atoms with Gasteiger partial charge in [-0.25, -0.2) is 21.2 Å². The van der Waals surface area contributed by atoms with E-state index in [1.165, 1.54) is 28.6 Å². The summed E-state index contributed by atoms with van der Waals surface area (Å²) in [6, 6.07) is 7.78. The summed E-state index contributed by atoms with van der Waals surface area (Å²) >= 11 is 0. The summed E-state index contributed by atoms with van der Waals surface area (Å²) in [5, 5.41) is 0. The van der Waals surface area contributed by atoms with Crippen molar-refractivity contribution in [3.63, 3.8) is 0 Å². The molecule has 1 N–H and O–H groups in total. The Morgan fingerprint density at radius 1 is 1.00 bits per heavy atom. The van der Waals surface area contributed by atoms with Gasteiger partial charge in [0.05, 0.1) is 10.6 Å². The fourth-order valence-corrected chi connectivity index (χ4v) is 5.42. The molecule has 0 saturated carbocycles. The number of aryl methyl sites for hydroxylation is 1. The first kappa shape index (κ1) is 21.3. The van der Waals surface area contributed by atoms with Crippen molar-refractivity contribution in [2.24, 2.45) is 0 Å². The van der Waals surface area contributed by atoms with Gasteiger partial charge in [-0.15, -0.1) is 0 Å². The number of sulfonamides is 2. The first-order valence-electron chi connectivity index (χ1n) is 8.43. The maximum atomic E-state index is 13.9. The lowest BCUT2D eigenvalue weighted by molar-refractivity contribution is 0.445. The highest BCUT2D eigenvalue weighted by molar-refractivity contribution is 7.92. The van der Waals surface area contributed by atoms with Crippen LogP contribution in [0.4, 0.5) is 10.1 Å². The van der Waals surface area contributed by atoms with Gasteiger partial charge in [-0.3, -0.25) is 4.72 Å². The van der Waals surface area contributed by atoms with Crippen molar-refractivity contribution in [3.8, 4) is 0 Å². The first-order chi connectivity index (χ1) is 12.5. The van der Waals surface area contributed by atoms with Crippen molar-refractivity contribution < 1.29 is 21.2 Å². The molecule has 2 rings (SSSR count). The van der Waals surface area contributed by atoms with E-state index in [9.17, 15) is 21.2 Å². The zero-order valence-corrected chi connectivity index (χ0v) is 17.3. The summed E-state index contributed by atoms with van der Waals surface area (Å²) in [4.78, 5) is -0.514. The molecule has 2 aromatic carbocycles. The van der Waals surface area contributed by atoms with Crippen LogP contribution in [0, 0.1) is 19.7 Å². The van der Waals surface area contributed by atoms with Crippen molar-refractivity contribution in [3.05, 3.63) is 53.3 Å². The van der Waals surface area contributed by atoms with Crippen LogP contribution in [0.3, 0.4) is 0 Å². The van der Waals surface area contributed by atoms with Crippen LogP contribution >= 0.6 is 0 Å². The molecule has 0 atom stereocenters. The minimum Gasteiger partial charge on any atom is -0.279 e. The Kier molecular flexibility index (Phi) is 6.28. The normalized spacial score (nSPS) is 12.4. The van der Waals surface area contributed by atoms with E-state index in [0.717, 1.165) is 12.1 Å². The van der Waals surface area contributed by atoms with Crippen molar-refractivity contribution in [2.75, 3.05) is 17.8 Å². The smallest absolute Gasteiger partial charge is 0.264 e. The Morgan fingerprint density at radius 3 is 2.15 bits per heavy atom. The van der Waals surface area contributed by atoms with E-state index in [1.807, 2.05) is 0 Å². The fourth-order valence-electron chi connectivity index (χ4n) is 2.66. The molecule has 0 aliphatic carbocycles. The molecule has 0 unspecified atom stereocenters. The van der Waals surface area contributed by atoms with Crippen LogP contribution in [-0.2, 0) is 20.0 Å². The van der Waals surface area contributed by atoms with Crippen molar-refractivity contribution >= 4 is 25.7 Å². The third kappa shape index (κ3) is 4.31. The van der Waals surface area contributed by atoms with E-state index in [1.54, 1.807) is 27.7 Å². The summed E-state index contributed by atoms with van der Waals surface area (Å²) in [5.74, 6) is -0.883. The number of benzene rings is 2. The van der Waals surface area contributed by atoms with Crippen molar-refractivity contribution in [2.45, 2.75) is 37.5 Å². The van der Waals surface area contributed by atoms with E-state index in [4.69, 9.17) is 0 Å². The number of hydrogen-bond acceptors (Lipinski definition) is 4. The Bertz CT molecular complexity index is 1050. The lowest BCUT2D eigenvalue weighted by Gasteiger charge is -2.20. The summed E-state index contributed by atoms with van der Waals surface area (Å²) < 4.78 is 68.3. The van der Waals surface area contributed by atoms with Crippen LogP contribution in [0.5, 0.6) is 0 Å². The summed E-state index contributed by atoms with van der Waals surface area (Å²) in [5.41, 5.74) is 1.27. The topological polar surface area (TPSA) is 83.6 Å². The van der Waals surface area contributed by atoms with Gasteiger partial charge in [0.2, 0.25) is 10.0 Å². The molecule has 9 heteroatoms. The molecular formula is C18H23FN2O4S2. The SMILES string of the molecule is CCN(CC)S(=O)(=O)c1cc(C)c(C)c(NS(=O)(=O)c2ccccc2F)c1. The lowest BCUT2D eigenvalue weighted by Crippen LogP contribution is -2.30. The zero-order chi connectivity index (χ0) is 20.4. The zero-order valence-electron chi connectivity index (χ0n) is 15.7. The van der Waals surface area contributed by atoms with E-state index in [-0.39, 0.29) is 10.6 Å². The Balaban J connectivity index is 2.56. The second kappa shape index (κ2) is 7.95. The minimum absolute atomic E-state index is 0.0134. The quantitative estimate of drug-likeness (QED) is 0.754. The molecule has 0 heterocycles. The molecule has 6 nitrogen and oxygen atoms in total. The maximum absolute atomic E-state index is 13.9. The third-order valence-electron chi connectivity index (χ3n) is 4.35. The van der Waals surface area contributed by atoms with E-state index in [0.29, 0.717) is 24.2 Å². The van der Waals surface area contributed by atoms with Gasteiger partial charge in [0.15, 0.2) is 0 Å². The Labute approximate surface area is 160 Å². The first-order valence-corrected chi connectivity index (χ1v) is 11.4. The van der Waals surface area contributed by atoms with Crippen LogP contribution in [-0.4, -0.2) is 34.2 Å². The average Bonchev–Trinajstić information content (AvgIpc) is 2.59. The van der Waals surface area contributed by atoms with Gasteiger partial charge in [0, 0.05) is 13.1 Å².